The van der Waals surface area contributed by atoms with Crippen LogP contribution in [0.2, 0.25) is 0 Å². The molecule has 0 aromatic carbocycles. The highest BCUT2D eigenvalue weighted by molar-refractivity contribution is 5.69. The summed E-state index contributed by atoms with van der Waals surface area (Å²) in [7, 11) is 11.6. The van der Waals surface area contributed by atoms with Crippen molar-refractivity contribution >= 4 is 18.4 Å². The summed E-state index contributed by atoms with van der Waals surface area (Å²) in [6.45, 7) is 10.3. The van der Waals surface area contributed by atoms with E-state index in [0.29, 0.717) is 13.0 Å². The van der Waals surface area contributed by atoms with Crippen molar-refractivity contribution in [3.8, 4) is 6.07 Å². The van der Waals surface area contributed by atoms with Crippen molar-refractivity contribution in [3.05, 3.63) is 0 Å². The summed E-state index contributed by atoms with van der Waals surface area (Å²) in [6, 6.07) is 1.47. The van der Waals surface area contributed by atoms with Crippen LogP contribution in [0.5, 0.6) is 0 Å². The molecular weight excluding hydrogens is 512 g/mol. The molecule has 0 aliphatic heterocycles. The first-order valence-corrected chi connectivity index (χ1v) is 12.8. The standard InChI is InChI=1S/C8H16O2.2C5H13NO.C4H11NO.C3H3NO2.CH2O2/c1-3-5-6-7-8(9)10-4-2;2*1-5(7)4-6(2)3;1-5(2)3-4-6;4-2-1-3(5)6;2-1-3/h3-7H2,1-2H3;2*5,7H,4H2,1-3H3;6H,3-4H2,1-2H3;1H2,(H,5,6);1H,(H,2,3). The Bertz CT molecular complexity index is 514. The van der Waals surface area contributed by atoms with Gasteiger partial charge in [-0.25, -0.2) is 0 Å². The van der Waals surface area contributed by atoms with Crippen molar-refractivity contribution < 1.29 is 44.7 Å². The van der Waals surface area contributed by atoms with Gasteiger partial charge < -0.3 is 45.0 Å². The maximum Gasteiger partial charge on any atom is 0.317 e. The molecular formula is C26H58N4O9. The third kappa shape index (κ3) is 105. The average molecular weight is 571 g/mol. The zero-order chi connectivity index (χ0) is 32.2. The molecule has 0 aliphatic carbocycles. The number of hydrogen-bond donors (Lipinski definition) is 5. The van der Waals surface area contributed by atoms with Crippen molar-refractivity contribution in [1.82, 2.24) is 14.7 Å². The van der Waals surface area contributed by atoms with Crippen molar-refractivity contribution in [2.75, 3.05) is 75.1 Å². The van der Waals surface area contributed by atoms with Crippen LogP contribution in [-0.4, -0.2) is 146 Å². The summed E-state index contributed by atoms with van der Waals surface area (Å²) in [5, 5.41) is 47.7. The lowest BCUT2D eigenvalue weighted by Crippen LogP contribution is -2.22. The van der Waals surface area contributed by atoms with Gasteiger partial charge in [0.1, 0.15) is 6.42 Å². The lowest BCUT2D eigenvalue weighted by molar-refractivity contribution is -0.143. The number of esters is 1. The Hall–Kier alpha value is -2.34. The van der Waals surface area contributed by atoms with Gasteiger partial charge in [-0.2, -0.15) is 5.26 Å². The number of nitriles is 1. The molecule has 0 heterocycles. The number of unbranched alkanes of at least 4 members (excludes halogenated alkanes) is 2. The van der Waals surface area contributed by atoms with Crippen LogP contribution in [0, 0.1) is 11.3 Å². The normalized spacial score (nSPS) is 10.6. The molecule has 39 heavy (non-hydrogen) atoms. The first-order valence-electron chi connectivity index (χ1n) is 12.8. The highest BCUT2D eigenvalue weighted by Gasteiger charge is 1.98. The lowest BCUT2D eigenvalue weighted by atomic mass is 10.2. The average Bonchev–Trinajstić information content (AvgIpc) is 2.74. The van der Waals surface area contributed by atoms with Gasteiger partial charge in [-0.1, -0.05) is 19.8 Å². The highest BCUT2D eigenvalue weighted by Crippen LogP contribution is 1.99. The minimum Gasteiger partial charge on any atom is -0.483 e. The second-order valence-corrected chi connectivity index (χ2v) is 8.85. The Morgan fingerprint density at radius 3 is 1.46 bits per heavy atom. The van der Waals surface area contributed by atoms with Crippen LogP contribution in [0.1, 0.15) is 59.8 Å². The van der Waals surface area contributed by atoms with Crippen LogP contribution in [0.4, 0.5) is 0 Å². The summed E-state index contributed by atoms with van der Waals surface area (Å²) >= 11 is 0. The van der Waals surface area contributed by atoms with E-state index in [-0.39, 0.29) is 31.3 Å². The molecule has 2 atom stereocenters. The van der Waals surface area contributed by atoms with Gasteiger partial charge in [0.05, 0.1) is 31.5 Å². The van der Waals surface area contributed by atoms with Crippen molar-refractivity contribution in [3.63, 3.8) is 0 Å². The number of carbonyl (C=O) groups excluding carboxylic acids is 1. The number of carboxylic acids is 1. The number of carboxylic acid groups (broad SMARTS) is 2. The number of carbonyl (C=O) groups is 3. The Morgan fingerprint density at radius 2 is 1.33 bits per heavy atom. The third-order valence-corrected chi connectivity index (χ3v) is 3.33. The highest BCUT2D eigenvalue weighted by atomic mass is 16.5. The van der Waals surface area contributed by atoms with Crippen molar-refractivity contribution in [2.24, 2.45) is 0 Å². The molecule has 0 fully saturated rings. The fourth-order valence-electron chi connectivity index (χ4n) is 2.08. The minimum absolute atomic E-state index is 0.0593. The predicted molar refractivity (Wildman–Crippen MR) is 153 cm³/mol. The third-order valence-electron chi connectivity index (χ3n) is 3.33. The number of aliphatic hydroxyl groups is 3. The van der Waals surface area contributed by atoms with E-state index in [0.717, 1.165) is 38.9 Å². The molecule has 0 bridgehead atoms. The fraction of sp³-hybridized carbons (Fsp3) is 0.846. The molecule has 0 radical (unpaired) electrons. The Balaban J connectivity index is -0.0000000861. The molecule has 0 aromatic heterocycles. The molecule has 0 aliphatic rings. The summed E-state index contributed by atoms with van der Waals surface area (Å²) in [4.78, 5) is 34.3. The summed E-state index contributed by atoms with van der Waals surface area (Å²) in [5.74, 6) is -1.13. The zero-order valence-corrected chi connectivity index (χ0v) is 26.0. The number of likely N-dealkylation sites (N-methyl/N-ethyl adjacent to an activating group) is 3. The van der Waals surface area contributed by atoms with E-state index in [4.69, 9.17) is 40.3 Å². The van der Waals surface area contributed by atoms with Gasteiger partial charge in [-0.3, -0.25) is 14.4 Å². The second-order valence-electron chi connectivity index (χ2n) is 8.85. The van der Waals surface area contributed by atoms with Crippen LogP contribution in [0.15, 0.2) is 0 Å². The fourth-order valence-corrected chi connectivity index (χ4v) is 2.08. The molecule has 2 unspecified atom stereocenters. The van der Waals surface area contributed by atoms with E-state index in [1.54, 1.807) is 13.8 Å². The van der Waals surface area contributed by atoms with Crippen LogP contribution >= 0.6 is 0 Å². The first kappa shape index (κ1) is 49.6. The summed E-state index contributed by atoms with van der Waals surface area (Å²) < 4.78 is 4.75. The Kier molecular flexibility index (Phi) is 54.3. The van der Waals surface area contributed by atoms with E-state index in [1.807, 2.05) is 63.9 Å². The van der Waals surface area contributed by atoms with Crippen LogP contribution in [-0.2, 0) is 19.1 Å². The summed E-state index contributed by atoms with van der Waals surface area (Å²) in [5.41, 5.74) is 0. The molecule has 0 rings (SSSR count). The minimum atomic E-state index is -1.07. The van der Waals surface area contributed by atoms with Crippen LogP contribution < -0.4 is 0 Å². The molecule has 5 N–H and O–H groups in total. The smallest absolute Gasteiger partial charge is 0.317 e. The number of rotatable bonds is 12. The molecule has 13 nitrogen and oxygen atoms in total. The van der Waals surface area contributed by atoms with E-state index in [1.165, 1.54) is 6.07 Å². The molecule has 13 heteroatoms. The van der Waals surface area contributed by atoms with Crippen molar-refractivity contribution in [2.45, 2.75) is 72.0 Å². The maximum absolute atomic E-state index is 10.7. The van der Waals surface area contributed by atoms with Gasteiger partial charge in [-0.05, 0) is 69.5 Å². The lowest BCUT2D eigenvalue weighted by Gasteiger charge is -2.10. The largest absolute Gasteiger partial charge is 0.483 e. The summed E-state index contributed by atoms with van der Waals surface area (Å²) in [6.07, 6.45) is 3.03. The van der Waals surface area contributed by atoms with Gasteiger partial charge in [0.15, 0.2) is 0 Å². The number of hydrogen-bond acceptors (Lipinski definition) is 11. The van der Waals surface area contributed by atoms with E-state index < -0.39 is 12.4 Å². The maximum atomic E-state index is 10.7. The first-order chi connectivity index (χ1) is 18.0. The molecule has 0 saturated heterocycles. The van der Waals surface area contributed by atoms with Gasteiger partial charge in [0, 0.05) is 26.1 Å². The molecule has 236 valence electrons. The second kappa shape index (κ2) is 42.7. The SMILES string of the molecule is CC(O)CN(C)C.CC(O)CN(C)C.CCCCCC(=O)OCC.CN(C)CCO.N#CCC(=O)O.O=CO. The number of aliphatic hydroxyl groups excluding tert-OH is 3. The molecule has 0 amide bonds. The molecule has 0 spiro atoms. The van der Waals surface area contributed by atoms with E-state index >= 15 is 0 Å². The topological polar surface area (TPSA) is 195 Å². The molecule has 0 saturated carbocycles. The Morgan fingerprint density at radius 1 is 0.923 bits per heavy atom. The van der Waals surface area contributed by atoms with E-state index in [2.05, 4.69) is 6.92 Å². The quantitative estimate of drug-likeness (QED) is 0.128. The van der Waals surface area contributed by atoms with Crippen LogP contribution in [0.25, 0.3) is 0 Å². The van der Waals surface area contributed by atoms with E-state index in [9.17, 15) is 9.59 Å². The van der Waals surface area contributed by atoms with Gasteiger partial charge in [-0.15, -0.1) is 0 Å². The molecule has 0 aromatic rings. The zero-order valence-electron chi connectivity index (χ0n) is 26.0. The number of nitrogens with zero attached hydrogens (tertiary/aromatic N) is 4. The van der Waals surface area contributed by atoms with Gasteiger partial charge >= 0.3 is 11.9 Å². The van der Waals surface area contributed by atoms with Crippen LogP contribution in [0.3, 0.4) is 0 Å². The number of aliphatic carboxylic acids is 1. The van der Waals surface area contributed by atoms with Crippen molar-refractivity contribution in [1.29, 1.82) is 5.26 Å². The predicted octanol–water partition coefficient (Wildman–Crippen LogP) is 1.21. The van der Waals surface area contributed by atoms with Gasteiger partial charge in [0.2, 0.25) is 0 Å². The van der Waals surface area contributed by atoms with Gasteiger partial charge in [0.25, 0.3) is 6.47 Å². The Labute approximate surface area is 236 Å². The number of ether oxygens (including phenoxy) is 1. The monoisotopic (exact) mass is 570 g/mol.